The van der Waals surface area contributed by atoms with Gasteiger partial charge in [0.05, 0.1) is 13.2 Å². The zero-order chi connectivity index (χ0) is 15.1. The molecule has 22 heavy (non-hydrogen) atoms. The maximum Gasteiger partial charge on any atom is 0.188 e. The van der Waals surface area contributed by atoms with Gasteiger partial charge in [-0.2, -0.15) is 0 Å². The molecule has 6 heteroatoms. The average Bonchev–Trinajstić information content (AvgIpc) is 3.22. The molecule has 0 amide bonds. The van der Waals surface area contributed by atoms with Crippen molar-refractivity contribution in [2.24, 2.45) is 22.1 Å². The molecule has 0 atom stereocenters. The van der Waals surface area contributed by atoms with Gasteiger partial charge >= 0.3 is 0 Å². The molecule has 1 heterocycles. The summed E-state index contributed by atoms with van der Waals surface area (Å²) >= 11 is 0. The van der Waals surface area contributed by atoms with Crippen molar-refractivity contribution in [3.05, 3.63) is 0 Å². The predicted molar refractivity (Wildman–Crippen MR) is 103 cm³/mol. The molecule has 0 bridgehead atoms. The van der Waals surface area contributed by atoms with Gasteiger partial charge in [-0.3, -0.25) is 9.89 Å². The fourth-order valence-corrected chi connectivity index (χ4v) is 3.12. The standard InChI is InChI=1S/C16H32N4O.HI/c1-14(2)12-16(4-5-16)13-19-15(17)18-6-3-7-20-8-10-21-11-9-20;/h14H,3-13H2,1-2H3,(H3,17,18,19);1H. The van der Waals surface area contributed by atoms with Gasteiger partial charge in [0.15, 0.2) is 5.96 Å². The van der Waals surface area contributed by atoms with Crippen LogP contribution >= 0.6 is 24.0 Å². The third-order valence-electron chi connectivity index (χ3n) is 4.44. The van der Waals surface area contributed by atoms with E-state index in [4.69, 9.17) is 10.5 Å². The van der Waals surface area contributed by atoms with Gasteiger partial charge in [0.25, 0.3) is 0 Å². The molecule has 2 rings (SSSR count). The zero-order valence-electron chi connectivity index (χ0n) is 14.1. The summed E-state index contributed by atoms with van der Waals surface area (Å²) < 4.78 is 5.34. The highest BCUT2D eigenvalue weighted by molar-refractivity contribution is 14.0. The first-order valence-electron chi connectivity index (χ1n) is 8.44. The largest absolute Gasteiger partial charge is 0.379 e. The van der Waals surface area contributed by atoms with Crippen molar-refractivity contribution in [2.45, 2.75) is 39.5 Å². The third-order valence-corrected chi connectivity index (χ3v) is 4.44. The van der Waals surface area contributed by atoms with E-state index in [1.807, 2.05) is 0 Å². The van der Waals surface area contributed by atoms with Crippen LogP contribution in [-0.2, 0) is 4.74 Å². The number of hydrogen-bond acceptors (Lipinski definition) is 3. The fourth-order valence-electron chi connectivity index (χ4n) is 3.12. The van der Waals surface area contributed by atoms with Crippen molar-refractivity contribution in [1.82, 2.24) is 10.2 Å². The number of hydrogen-bond donors (Lipinski definition) is 2. The second-order valence-corrected chi connectivity index (χ2v) is 7.03. The van der Waals surface area contributed by atoms with Crippen molar-refractivity contribution in [2.75, 3.05) is 45.9 Å². The summed E-state index contributed by atoms with van der Waals surface area (Å²) in [5, 5.41) is 3.25. The highest BCUT2D eigenvalue weighted by Crippen LogP contribution is 2.50. The molecular formula is C16H33IN4O. The van der Waals surface area contributed by atoms with Gasteiger partial charge in [0.1, 0.15) is 0 Å². The van der Waals surface area contributed by atoms with Crippen LogP contribution < -0.4 is 11.1 Å². The Morgan fingerprint density at radius 1 is 1.32 bits per heavy atom. The van der Waals surface area contributed by atoms with Crippen LogP contribution in [0.5, 0.6) is 0 Å². The first-order valence-corrected chi connectivity index (χ1v) is 8.44. The lowest BCUT2D eigenvalue weighted by atomic mass is 9.94. The normalized spacial score (nSPS) is 21.5. The molecule has 2 fully saturated rings. The summed E-state index contributed by atoms with van der Waals surface area (Å²) in [4.78, 5) is 6.99. The van der Waals surface area contributed by atoms with Crippen LogP contribution in [0.2, 0.25) is 0 Å². The summed E-state index contributed by atoms with van der Waals surface area (Å²) in [6, 6.07) is 0. The first-order chi connectivity index (χ1) is 10.1. The molecule has 5 nitrogen and oxygen atoms in total. The Morgan fingerprint density at radius 2 is 2.00 bits per heavy atom. The zero-order valence-corrected chi connectivity index (χ0v) is 16.5. The highest BCUT2D eigenvalue weighted by atomic mass is 127. The molecule has 0 aromatic heterocycles. The van der Waals surface area contributed by atoms with E-state index >= 15 is 0 Å². The summed E-state index contributed by atoms with van der Waals surface area (Å²) in [5.41, 5.74) is 6.43. The van der Waals surface area contributed by atoms with Crippen molar-refractivity contribution < 1.29 is 4.74 Å². The van der Waals surface area contributed by atoms with E-state index in [2.05, 4.69) is 29.1 Å². The van der Waals surface area contributed by atoms with E-state index in [0.717, 1.165) is 58.3 Å². The van der Waals surface area contributed by atoms with Crippen LogP contribution in [0.4, 0.5) is 0 Å². The predicted octanol–water partition coefficient (Wildman–Crippen LogP) is 2.06. The van der Waals surface area contributed by atoms with Crippen LogP contribution in [0, 0.1) is 11.3 Å². The minimum Gasteiger partial charge on any atom is -0.379 e. The van der Waals surface area contributed by atoms with Crippen molar-refractivity contribution in [3.63, 3.8) is 0 Å². The summed E-state index contributed by atoms with van der Waals surface area (Å²) in [5.74, 6) is 1.37. The molecule has 0 aromatic rings. The molecule has 1 saturated heterocycles. The number of morpholine rings is 1. The van der Waals surface area contributed by atoms with E-state index in [-0.39, 0.29) is 24.0 Å². The Hall–Kier alpha value is -0.0800. The number of aliphatic imine (C=N–C) groups is 1. The van der Waals surface area contributed by atoms with E-state index in [0.29, 0.717) is 11.4 Å². The first kappa shape index (κ1) is 20.0. The van der Waals surface area contributed by atoms with Crippen LogP contribution in [0.1, 0.15) is 39.5 Å². The van der Waals surface area contributed by atoms with Gasteiger partial charge in [-0.15, -0.1) is 24.0 Å². The molecule has 1 aliphatic carbocycles. The highest BCUT2D eigenvalue weighted by Gasteiger charge is 2.42. The minimum absolute atomic E-state index is 0. The smallest absolute Gasteiger partial charge is 0.188 e. The van der Waals surface area contributed by atoms with Gasteiger partial charge in [0, 0.05) is 26.2 Å². The quantitative estimate of drug-likeness (QED) is 0.271. The number of guanidine groups is 1. The number of nitrogens with zero attached hydrogens (tertiary/aromatic N) is 2. The van der Waals surface area contributed by atoms with Gasteiger partial charge in [-0.1, -0.05) is 13.8 Å². The van der Waals surface area contributed by atoms with Gasteiger partial charge in [-0.05, 0) is 43.6 Å². The lowest BCUT2D eigenvalue weighted by Gasteiger charge is -2.26. The molecule has 1 aliphatic heterocycles. The lowest BCUT2D eigenvalue weighted by molar-refractivity contribution is 0.0376. The number of nitrogens with one attached hydrogen (secondary N) is 1. The van der Waals surface area contributed by atoms with Crippen molar-refractivity contribution in [1.29, 1.82) is 0 Å². The number of halogens is 1. The molecule has 0 unspecified atom stereocenters. The van der Waals surface area contributed by atoms with E-state index in [1.165, 1.54) is 19.3 Å². The van der Waals surface area contributed by atoms with Gasteiger partial charge in [-0.25, -0.2) is 0 Å². The van der Waals surface area contributed by atoms with Crippen LogP contribution in [0.25, 0.3) is 0 Å². The van der Waals surface area contributed by atoms with Crippen molar-refractivity contribution in [3.8, 4) is 0 Å². The summed E-state index contributed by atoms with van der Waals surface area (Å²) in [6.45, 7) is 11.3. The molecule has 3 N–H and O–H groups in total. The Labute approximate surface area is 152 Å². The molecule has 0 radical (unpaired) electrons. The van der Waals surface area contributed by atoms with Crippen molar-refractivity contribution >= 4 is 29.9 Å². The Balaban J connectivity index is 0.00000242. The van der Waals surface area contributed by atoms with Crippen LogP contribution in [-0.4, -0.2) is 56.8 Å². The van der Waals surface area contributed by atoms with Gasteiger partial charge < -0.3 is 15.8 Å². The number of ether oxygens (including phenoxy) is 1. The molecule has 0 spiro atoms. The maximum absolute atomic E-state index is 5.96. The molecule has 0 aromatic carbocycles. The molecule has 1 saturated carbocycles. The van der Waals surface area contributed by atoms with E-state index < -0.39 is 0 Å². The second-order valence-electron chi connectivity index (χ2n) is 7.03. The van der Waals surface area contributed by atoms with Gasteiger partial charge in [0.2, 0.25) is 0 Å². The van der Waals surface area contributed by atoms with E-state index in [1.54, 1.807) is 0 Å². The maximum atomic E-state index is 5.96. The SMILES string of the molecule is CC(C)CC1(CN=C(N)NCCCN2CCOCC2)CC1.I. The lowest BCUT2D eigenvalue weighted by Crippen LogP contribution is -2.39. The molecule has 2 aliphatic rings. The Kier molecular flexibility index (Phi) is 9.01. The number of rotatable bonds is 8. The topological polar surface area (TPSA) is 62.9 Å². The molecular weight excluding hydrogens is 391 g/mol. The Bertz CT molecular complexity index is 339. The van der Waals surface area contributed by atoms with Crippen LogP contribution in [0.15, 0.2) is 4.99 Å². The van der Waals surface area contributed by atoms with E-state index in [9.17, 15) is 0 Å². The molecule has 130 valence electrons. The minimum atomic E-state index is 0. The summed E-state index contributed by atoms with van der Waals surface area (Å²) in [7, 11) is 0. The monoisotopic (exact) mass is 424 g/mol. The third kappa shape index (κ3) is 7.46. The second kappa shape index (κ2) is 9.93. The number of nitrogens with two attached hydrogens (primary N) is 1. The van der Waals surface area contributed by atoms with Crippen LogP contribution in [0.3, 0.4) is 0 Å². The Morgan fingerprint density at radius 3 is 2.59 bits per heavy atom. The summed E-state index contributed by atoms with van der Waals surface area (Å²) in [6.07, 6.45) is 5.02. The fraction of sp³-hybridized carbons (Fsp3) is 0.938. The average molecular weight is 424 g/mol.